The van der Waals surface area contributed by atoms with Crippen molar-refractivity contribution < 1.29 is 51.0 Å². The topological polar surface area (TPSA) is 0 Å². The largest absolute Gasteiger partial charge is 3.00 e. The van der Waals surface area contributed by atoms with Crippen molar-refractivity contribution in [3.8, 4) is 0 Å². The molecule has 0 fully saturated rings. The maximum atomic E-state index is 3.86. The van der Waals surface area contributed by atoms with Crippen LogP contribution in [0.3, 0.4) is 0 Å². The molecule has 0 saturated heterocycles. The van der Waals surface area contributed by atoms with Gasteiger partial charge in [-0.2, -0.15) is 0 Å². The van der Waals surface area contributed by atoms with Crippen LogP contribution in [0, 0.1) is 0 Å². The molecule has 0 aliphatic heterocycles. The van der Waals surface area contributed by atoms with Gasteiger partial charge in [0.1, 0.15) is 0 Å². The van der Waals surface area contributed by atoms with Crippen LogP contribution in [0.1, 0.15) is 17.5 Å². The molecule has 0 spiro atoms. The van der Waals surface area contributed by atoms with E-state index in [4.69, 9.17) is 0 Å². The maximum Gasteiger partial charge on any atom is 3.00 e. The minimum absolute atomic E-state index is 0. The molecule has 3 rings (SSSR count). The zero-order valence-corrected chi connectivity index (χ0v) is 15.0. The summed E-state index contributed by atoms with van der Waals surface area (Å²) in [7, 11) is 0. The normalized spacial score (nSPS) is 12.1. The van der Waals surface area contributed by atoms with Gasteiger partial charge in [-0.15, -0.1) is 52.7 Å². The first-order chi connectivity index (χ1) is 8.40. The Hall–Kier alpha value is -0.487. The second kappa shape index (κ2) is 8.72. The molecule has 1 aliphatic rings. The van der Waals surface area contributed by atoms with E-state index in [1.165, 1.54) is 27.5 Å². The number of benzene rings is 1. The van der Waals surface area contributed by atoms with Crippen LogP contribution in [0.5, 0.6) is 0 Å². The number of hydrogen-bond acceptors (Lipinski definition) is 0. The van der Waals surface area contributed by atoms with Crippen LogP contribution in [0.15, 0.2) is 61.2 Å². The van der Waals surface area contributed by atoms with Crippen molar-refractivity contribution >= 4 is 16.3 Å². The van der Waals surface area contributed by atoms with Gasteiger partial charge < -0.3 is 24.8 Å². The van der Waals surface area contributed by atoms with Gasteiger partial charge in [-0.3, -0.25) is 0 Å². The Morgan fingerprint density at radius 2 is 1.95 bits per heavy atom. The van der Waals surface area contributed by atoms with Crippen molar-refractivity contribution in [2.75, 3.05) is 0 Å². The summed E-state index contributed by atoms with van der Waals surface area (Å²) >= 11 is 0. The van der Waals surface area contributed by atoms with Crippen LogP contribution >= 0.6 is 0 Å². The van der Waals surface area contributed by atoms with E-state index in [0.717, 1.165) is 12.8 Å². The SMILES string of the molecule is C=CCc1[cH-]c2ccccc2c1C1=CC=CC1.[Cl-].[Cl-].[Zr+3]. The second-order valence-electron chi connectivity index (χ2n) is 4.45. The average Bonchev–Trinajstić information content (AvgIpc) is 2.94. The van der Waals surface area contributed by atoms with Gasteiger partial charge in [-0.25, -0.2) is 0 Å². The molecule has 1 aliphatic carbocycles. The Balaban J connectivity index is 0.00000120. The average molecular weight is 381 g/mol. The van der Waals surface area contributed by atoms with Crippen LogP contribution in [0.4, 0.5) is 0 Å². The third kappa shape index (κ3) is 3.58. The summed E-state index contributed by atoms with van der Waals surface area (Å²) in [5, 5.41) is 2.71. The van der Waals surface area contributed by atoms with Crippen molar-refractivity contribution in [2.24, 2.45) is 0 Å². The zero-order valence-electron chi connectivity index (χ0n) is 11.1. The number of allylic oxidation sites excluding steroid dienone is 5. The van der Waals surface area contributed by atoms with E-state index in [1.54, 1.807) is 0 Å². The van der Waals surface area contributed by atoms with Crippen molar-refractivity contribution in [3.63, 3.8) is 0 Å². The van der Waals surface area contributed by atoms with Gasteiger partial charge in [0, 0.05) is 0 Å². The van der Waals surface area contributed by atoms with Gasteiger partial charge >= 0.3 is 26.2 Å². The molecule has 0 bridgehead atoms. The predicted octanol–water partition coefficient (Wildman–Crippen LogP) is -1.36. The fourth-order valence-corrected chi connectivity index (χ4v) is 2.61. The molecule has 0 aromatic heterocycles. The van der Waals surface area contributed by atoms with E-state index in [2.05, 4.69) is 55.1 Å². The van der Waals surface area contributed by atoms with E-state index < -0.39 is 0 Å². The molecule has 0 N–H and O–H groups in total. The molecule has 101 valence electrons. The van der Waals surface area contributed by atoms with Crippen LogP contribution in [0.2, 0.25) is 0 Å². The molecule has 1 radical (unpaired) electrons. The van der Waals surface area contributed by atoms with Gasteiger partial charge in [0.05, 0.1) is 0 Å². The summed E-state index contributed by atoms with van der Waals surface area (Å²) in [6.45, 7) is 3.86. The molecule has 0 unspecified atom stereocenters. The molecule has 3 heteroatoms. The quantitative estimate of drug-likeness (QED) is 0.455. The van der Waals surface area contributed by atoms with Gasteiger partial charge in [0.15, 0.2) is 0 Å². The van der Waals surface area contributed by atoms with E-state index in [0.29, 0.717) is 0 Å². The molecular weight excluding hydrogens is 366 g/mol. The van der Waals surface area contributed by atoms with E-state index in [1.807, 2.05) is 6.08 Å². The first-order valence-corrected chi connectivity index (χ1v) is 6.04. The van der Waals surface area contributed by atoms with Crippen LogP contribution < -0.4 is 24.8 Å². The smallest absolute Gasteiger partial charge is 1.00 e. The fourth-order valence-electron chi connectivity index (χ4n) is 2.61. The third-order valence-electron chi connectivity index (χ3n) is 3.34. The van der Waals surface area contributed by atoms with Crippen molar-refractivity contribution in [1.82, 2.24) is 0 Å². The van der Waals surface area contributed by atoms with Gasteiger partial charge in [0.2, 0.25) is 0 Å². The summed E-state index contributed by atoms with van der Waals surface area (Å²) in [6.07, 6.45) is 10.6. The zero-order chi connectivity index (χ0) is 11.7. The second-order valence-corrected chi connectivity index (χ2v) is 4.45. The van der Waals surface area contributed by atoms with E-state index in [9.17, 15) is 0 Å². The maximum absolute atomic E-state index is 3.86. The first-order valence-electron chi connectivity index (χ1n) is 6.04. The van der Waals surface area contributed by atoms with Gasteiger partial charge in [-0.05, 0) is 12.8 Å². The minimum Gasteiger partial charge on any atom is -1.00 e. The standard InChI is InChI=1S/C17H15.2ClH.Zr/c1-2-7-15-12-14-10-5-6-11-16(14)17(15)13-8-3-4-9-13;;;/h2-6,8,10-12H,1,7,9H2;2*1H;/q-1;;;+3/p-2. The van der Waals surface area contributed by atoms with Crippen LogP contribution in [0.25, 0.3) is 16.3 Å². The fraction of sp³-hybridized carbons (Fsp3) is 0.118. The first kappa shape index (κ1) is 19.5. The molecule has 2 aromatic carbocycles. The Morgan fingerprint density at radius 3 is 2.60 bits per heavy atom. The summed E-state index contributed by atoms with van der Waals surface area (Å²) in [5.41, 5.74) is 4.25. The summed E-state index contributed by atoms with van der Waals surface area (Å²) in [6, 6.07) is 10.9. The van der Waals surface area contributed by atoms with Gasteiger partial charge in [-0.1, -0.05) is 35.9 Å². The minimum atomic E-state index is 0. The molecule has 0 nitrogen and oxygen atoms in total. The molecule has 20 heavy (non-hydrogen) atoms. The number of rotatable bonds is 3. The molecule has 0 atom stereocenters. The summed E-state index contributed by atoms with van der Waals surface area (Å²) < 4.78 is 0. The summed E-state index contributed by atoms with van der Waals surface area (Å²) in [4.78, 5) is 0. The molecule has 0 amide bonds. The van der Waals surface area contributed by atoms with Gasteiger partial charge in [0.25, 0.3) is 0 Å². The number of hydrogen-bond donors (Lipinski definition) is 0. The Kier molecular flexibility index (Phi) is 8.51. The van der Waals surface area contributed by atoms with E-state index in [-0.39, 0.29) is 51.0 Å². The van der Waals surface area contributed by atoms with Crippen molar-refractivity contribution in [2.45, 2.75) is 12.8 Å². The van der Waals surface area contributed by atoms with E-state index >= 15 is 0 Å². The monoisotopic (exact) mass is 379 g/mol. The Bertz CT molecular complexity index is 635. The Morgan fingerprint density at radius 1 is 1.20 bits per heavy atom. The molecule has 2 aromatic rings. The number of halogens is 2. The molecule has 0 heterocycles. The van der Waals surface area contributed by atoms with Crippen LogP contribution in [-0.2, 0) is 32.6 Å². The summed E-state index contributed by atoms with van der Waals surface area (Å²) in [5.74, 6) is 0. The van der Waals surface area contributed by atoms with Crippen molar-refractivity contribution in [1.29, 1.82) is 0 Å². The van der Waals surface area contributed by atoms with Crippen LogP contribution in [-0.4, -0.2) is 0 Å². The molecular formula is C17H15Cl2Zr. The van der Waals surface area contributed by atoms with Crippen molar-refractivity contribution in [3.05, 3.63) is 72.3 Å². The third-order valence-corrected chi connectivity index (χ3v) is 3.34. The Labute approximate surface area is 152 Å². The molecule has 0 saturated carbocycles. The predicted molar refractivity (Wildman–Crippen MR) is 75.2 cm³/mol. The number of fused-ring (bicyclic) bond motifs is 1.